The summed E-state index contributed by atoms with van der Waals surface area (Å²) < 4.78 is 26.5. The Morgan fingerprint density at radius 3 is 2.59 bits per heavy atom. The third kappa shape index (κ3) is 5.15. The van der Waals surface area contributed by atoms with Crippen LogP contribution < -0.4 is 14.8 Å². The molecule has 2 aliphatic rings. The highest BCUT2D eigenvalue weighted by atomic mass is 35.5. The third-order valence-corrected chi connectivity index (χ3v) is 7.61. The number of amides is 1. The van der Waals surface area contributed by atoms with E-state index in [1.54, 1.807) is 30.2 Å². The van der Waals surface area contributed by atoms with Gasteiger partial charge in [-0.15, -0.1) is 0 Å². The van der Waals surface area contributed by atoms with E-state index in [1.165, 1.54) is 12.4 Å². The maximum Gasteiger partial charge on any atom is 0.239 e. The van der Waals surface area contributed by atoms with E-state index in [0.717, 1.165) is 38.6 Å². The van der Waals surface area contributed by atoms with Crippen molar-refractivity contribution in [1.29, 1.82) is 0 Å². The molecule has 1 aliphatic heterocycles. The van der Waals surface area contributed by atoms with E-state index in [2.05, 4.69) is 20.2 Å². The number of halogens is 2. The van der Waals surface area contributed by atoms with Gasteiger partial charge in [0.25, 0.3) is 0 Å². The molecule has 1 aromatic heterocycles. The van der Waals surface area contributed by atoms with Crippen molar-refractivity contribution in [1.82, 2.24) is 19.8 Å². The van der Waals surface area contributed by atoms with E-state index in [4.69, 9.17) is 21.1 Å². The molecule has 0 radical (unpaired) electrons. The SMILES string of the molecule is COc1cc2ncnc(Nc3cccc(Cl)c3F)c2cc1OC1CCC(N2CC[C@@H]2C(=O)N(C)C)CC1. The van der Waals surface area contributed by atoms with Gasteiger partial charge in [-0.3, -0.25) is 9.69 Å². The number of carbonyl (C=O) groups excluding carboxylic acids is 1. The number of ether oxygens (including phenoxy) is 2. The number of hydrogen-bond donors (Lipinski definition) is 1. The van der Waals surface area contributed by atoms with Gasteiger partial charge in [-0.05, 0) is 50.3 Å². The van der Waals surface area contributed by atoms with Gasteiger partial charge < -0.3 is 19.7 Å². The number of nitrogens with one attached hydrogen (secondary N) is 1. The number of likely N-dealkylation sites (tertiary alicyclic amines) is 1. The number of fused-ring (bicyclic) bond motifs is 1. The second-order valence-electron chi connectivity index (χ2n) is 9.79. The van der Waals surface area contributed by atoms with Gasteiger partial charge in [-0.25, -0.2) is 14.4 Å². The van der Waals surface area contributed by atoms with Crippen LogP contribution in [0.3, 0.4) is 0 Å². The fourth-order valence-electron chi connectivity index (χ4n) is 5.23. The van der Waals surface area contributed by atoms with Crippen LogP contribution in [0.15, 0.2) is 36.7 Å². The number of anilines is 2. The Bertz CT molecular complexity index is 1300. The molecule has 1 N–H and O–H groups in total. The molecule has 5 rings (SSSR count). The number of nitrogens with zero attached hydrogens (tertiary/aromatic N) is 4. The molecule has 1 atom stereocenters. The zero-order chi connectivity index (χ0) is 26.1. The van der Waals surface area contributed by atoms with Gasteiger partial charge in [0.05, 0.1) is 35.5 Å². The largest absolute Gasteiger partial charge is 0.493 e. The van der Waals surface area contributed by atoms with Crippen molar-refractivity contribution >= 4 is 39.9 Å². The standard InChI is InChI=1S/C27H31ClFN5O3/c1-33(2)27(35)22-11-12-34(22)16-7-9-17(10-8-16)37-24-13-18-21(14-23(24)36-3)30-15-31-26(18)32-20-6-4-5-19(28)25(20)29/h4-6,13-17,22H,7-12H2,1-3H3,(H,30,31,32)/t16?,17?,22-/m1/s1. The summed E-state index contributed by atoms with van der Waals surface area (Å²) in [7, 11) is 5.23. The molecular weight excluding hydrogens is 497 g/mol. The van der Waals surface area contributed by atoms with Crippen LogP contribution in [0, 0.1) is 5.82 Å². The molecule has 37 heavy (non-hydrogen) atoms. The molecule has 8 nitrogen and oxygen atoms in total. The molecule has 10 heteroatoms. The van der Waals surface area contributed by atoms with Crippen molar-refractivity contribution in [3.63, 3.8) is 0 Å². The van der Waals surface area contributed by atoms with Crippen LogP contribution in [0.5, 0.6) is 11.5 Å². The third-order valence-electron chi connectivity index (χ3n) is 7.32. The van der Waals surface area contributed by atoms with E-state index in [9.17, 15) is 9.18 Å². The number of methoxy groups -OCH3 is 1. The predicted molar refractivity (Wildman–Crippen MR) is 141 cm³/mol. The Labute approximate surface area is 220 Å². The highest BCUT2D eigenvalue weighted by molar-refractivity contribution is 6.31. The van der Waals surface area contributed by atoms with E-state index < -0.39 is 5.82 Å². The first-order valence-electron chi connectivity index (χ1n) is 12.5. The number of likely N-dealkylation sites (N-methyl/N-ethyl adjacent to an activating group) is 1. The first-order valence-corrected chi connectivity index (χ1v) is 12.9. The van der Waals surface area contributed by atoms with Gasteiger partial charge in [-0.2, -0.15) is 0 Å². The quantitative estimate of drug-likeness (QED) is 0.462. The van der Waals surface area contributed by atoms with Crippen LogP contribution >= 0.6 is 11.6 Å². The summed E-state index contributed by atoms with van der Waals surface area (Å²) in [6.45, 7) is 0.974. The van der Waals surface area contributed by atoms with Crippen molar-refractivity contribution in [2.75, 3.05) is 33.1 Å². The fourth-order valence-corrected chi connectivity index (χ4v) is 5.40. The molecule has 0 unspecified atom stereocenters. The Morgan fingerprint density at radius 1 is 1.14 bits per heavy atom. The fraction of sp³-hybridized carbons (Fsp3) is 0.444. The summed E-state index contributed by atoms with van der Waals surface area (Å²) in [6, 6.07) is 8.81. The number of carbonyl (C=O) groups is 1. The molecule has 196 valence electrons. The first kappa shape index (κ1) is 25.5. The van der Waals surface area contributed by atoms with Crippen LogP contribution in [-0.4, -0.2) is 71.6 Å². The lowest BCUT2D eigenvalue weighted by atomic mass is 9.87. The lowest BCUT2D eigenvalue weighted by Crippen LogP contribution is -2.60. The molecule has 3 aromatic rings. The normalized spacial score (nSPS) is 21.8. The summed E-state index contributed by atoms with van der Waals surface area (Å²) in [5, 5.41) is 3.74. The second kappa shape index (κ2) is 10.7. The smallest absolute Gasteiger partial charge is 0.239 e. The minimum atomic E-state index is -0.547. The molecule has 1 aliphatic carbocycles. The van der Waals surface area contributed by atoms with Gasteiger partial charge in [0, 0.05) is 38.1 Å². The average Bonchev–Trinajstić information content (AvgIpc) is 2.87. The molecule has 1 saturated carbocycles. The van der Waals surface area contributed by atoms with Crippen LogP contribution in [0.4, 0.5) is 15.9 Å². The van der Waals surface area contributed by atoms with Crippen molar-refractivity contribution in [3.8, 4) is 11.5 Å². The van der Waals surface area contributed by atoms with E-state index in [-0.39, 0.29) is 28.8 Å². The number of hydrogen-bond acceptors (Lipinski definition) is 7. The average molecular weight is 528 g/mol. The highest BCUT2D eigenvalue weighted by Crippen LogP contribution is 2.38. The molecule has 0 spiro atoms. The van der Waals surface area contributed by atoms with Gasteiger partial charge >= 0.3 is 0 Å². The minimum Gasteiger partial charge on any atom is -0.493 e. The monoisotopic (exact) mass is 527 g/mol. The number of benzene rings is 2. The highest BCUT2D eigenvalue weighted by Gasteiger charge is 2.40. The van der Waals surface area contributed by atoms with Crippen molar-refractivity contribution in [3.05, 3.63) is 47.5 Å². The van der Waals surface area contributed by atoms with Gasteiger partial charge in [0.1, 0.15) is 12.1 Å². The molecular formula is C27H31ClFN5O3. The molecule has 0 bridgehead atoms. The van der Waals surface area contributed by atoms with Crippen LogP contribution in [0.1, 0.15) is 32.1 Å². The minimum absolute atomic E-state index is 0.00769. The zero-order valence-corrected chi connectivity index (χ0v) is 22.0. The van der Waals surface area contributed by atoms with Crippen molar-refractivity contribution in [2.45, 2.75) is 50.3 Å². The Hall–Kier alpha value is -3.17. The first-order chi connectivity index (χ1) is 17.9. The molecule has 2 aromatic carbocycles. The summed E-state index contributed by atoms with van der Waals surface area (Å²) in [4.78, 5) is 25.2. The maximum atomic E-state index is 14.5. The second-order valence-corrected chi connectivity index (χ2v) is 10.2. The van der Waals surface area contributed by atoms with Crippen molar-refractivity contribution in [2.24, 2.45) is 0 Å². The number of aromatic nitrogens is 2. The summed E-state index contributed by atoms with van der Waals surface area (Å²) in [6.07, 6.45) is 6.09. The maximum absolute atomic E-state index is 14.5. The number of rotatable bonds is 7. The van der Waals surface area contributed by atoms with Crippen LogP contribution in [0.2, 0.25) is 5.02 Å². The van der Waals surface area contributed by atoms with Crippen molar-refractivity contribution < 1.29 is 18.7 Å². The summed E-state index contributed by atoms with van der Waals surface area (Å²) in [5.41, 5.74) is 0.864. The topological polar surface area (TPSA) is 79.8 Å². The zero-order valence-electron chi connectivity index (χ0n) is 21.2. The molecule has 2 heterocycles. The lowest BCUT2D eigenvalue weighted by Gasteiger charge is -2.47. The van der Waals surface area contributed by atoms with Crippen LogP contribution in [-0.2, 0) is 4.79 Å². The van der Waals surface area contributed by atoms with Gasteiger partial charge in [0.2, 0.25) is 5.91 Å². The van der Waals surface area contributed by atoms with Crippen LogP contribution in [0.25, 0.3) is 10.9 Å². The Kier molecular flexibility index (Phi) is 7.35. The van der Waals surface area contributed by atoms with Gasteiger partial charge in [-0.1, -0.05) is 17.7 Å². The van der Waals surface area contributed by atoms with E-state index in [0.29, 0.717) is 34.3 Å². The lowest BCUT2D eigenvalue weighted by molar-refractivity contribution is -0.141. The Morgan fingerprint density at radius 2 is 1.92 bits per heavy atom. The van der Waals surface area contributed by atoms with E-state index >= 15 is 0 Å². The molecule has 1 amide bonds. The van der Waals surface area contributed by atoms with E-state index in [1.807, 2.05) is 20.2 Å². The van der Waals surface area contributed by atoms with Gasteiger partial charge in [0.15, 0.2) is 17.3 Å². The predicted octanol–water partition coefficient (Wildman–Crippen LogP) is 5.03. The summed E-state index contributed by atoms with van der Waals surface area (Å²) in [5.74, 6) is 1.25. The Balaban J connectivity index is 1.32. The summed E-state index contributed by atoms with van der Waals surface area (Å²) >= 11 is 5.95. The molecule has 1 saturated heterocycles. The molecule has 2 fully saturated rings.